The van der Waals surface area contributed by atoms with Crippen molar-refractivity contribution >= 4 is 23.4 Å². The van der Waals surface area contributed by atoms with Gasteiger partial charge in [0.15, 0.2) is 5.78 Å². The van der Waals surface area contributed by atoms with Gasteiger partial charge >= 0.3 is 12.6 Å². The minimum atomic E-state index is -3.08. The number of ether oxygens (including phenoxy) is 2. The number of carbonyl (C=O) groups is 2. The molecule has 0 amide bonds. The summed E-state index contributed by atoms with van der Waals surface area (Å²) in [6.45, 7) is 0.0933. The van der Waals surface area contributed by atoms with Gasteiger partial charge < -0.3 is 9.47 Å². The highest BCUT2D eigenvalue weighted by molar-refractivity contribution is 6.34. The highest BCUT2D eigenvalue weighted by Crippen LogP contribution is 2.25. The van der Waals surface area contributed by atoms with Gasteiger partial charge in [-0.25, -0.2) is 4.79 Å². The Bertz CT molecular complexity index is 503. The third-order valence-corrected chi connectivity index (χ3v) is 2.53. The summed E-state index contributed by atoms with van der Waals surface area (Å²) < 4.78 is 33.6. The Hall–Kier alpha value is -1.69. The van der Waals surface area contributed by atoms with Crippen LogP contribution in [-0.4, -0.2) is 30.3 Å². The molecular formula is C13H13ClF2O4. The molecule has 1 atom stereocenters. The zero-order chi connectivity index (χ0) is 15.3. The van der Waals surface area contributed by atoms with E-state index in [1.165, 1.54) is 13.0 Å². The largest absolute Gasteiger partial charge is 0.462 e. The molecule has 110 valence electrons. The second kappa shape index (κ2) is 7.19. The molecule has 4 nitrogen and oxygen atoms in total. The minimum Gasteiger partial charge on any atom is -0.462 e. The first-order valence-electron chi connectivity index (χ1n) is 5.81. The molecule has 0 aliphatic carbocycles. The van der Waals surface area contributed by atoms with Crippen molar-refractivity contribution in [3.63, 3.8) is 0 Å². The molecule has 0 bridgehead atoms. The lowest BCUT2D eigenvalue weighted by molar-refractivity contribution is -0.0501. The van der Waals surface area contributed by atoms with Gasteiger partial charge in [0.1, 0.15) is 5.75 Å². The normalized spacial score (nSPS) is 12.1. The van der Waals surface area contributed by atoms with Gasteiger partial charge in [-0.2, -0.15) is 8.78 Å². The van der Waals surface area contributed by atoms with Gasteiger partial charge in [-0.1, -0.05) is 0 Å². The Morgan fingerprint density at radius 3 is 2.50 bits per heavy atom. The van der Waals surface area contributed by atoms with Crippen LogP contribution < -0.4 is 4.74 Å². The summed E-state index contributed by atoms with van der Waals surface area (Å²) in [6.07, 6.45) is 0. The quantitative estimate of drug-likeness (QED) is 0.460. The number of Topliss-reactive ketones (excluding diaryl/α,β-unsaturated/α-hetero) is 1. The van der Waals surface area contributed by atoms with Crippen LogP contribution in [0.1, 0.15) is 34.6 Å². The topological polar surface area (TPSA) is 52.6 Å². The first-order chi connectivity index (χ1) is 9.36. The first-order valence-corrected chi connectivity index (χ1v) is 6.24. The van der Waals surface area contributed by atoms with E-state index in [0.717, 1.165) is 12.1 Å². The monoisotopic (exact) mass is 306 g/mol. The molecule has 7 heteroatoms. The number of ketones is 1. The maximum atomic E-state index is 12.3. The molecule has 0 N–H and O–H groups in total. The Kier molecular flexibility index (Phi) is 5.88. The fourth-order valence-electron chi connectivity index (χ4n) is 1.48. The SMILES string of the molecule is CCOC(=O)c1ccc(OC(F)F)c(C(=O)C(C)Cl)c1. The number of carbonyl (C=O) groups excluding carboxylic acids is 2. The molecule has 0 aliphatic heterocycles. The van der Waals surface area contributed by atoms with E-state index in [4.69, 9.17) is 16.3 Å². The fourth-order valence-corrected chi connectivity index (χ4v) is 1.59. The van der Waals surface area contributed by atoms with Crippen LogP contribution in [0.4, 0.5) is 8.78 Å². The minimum absolute atomic E-state index is 0.0640. The van der Waals surface area contributed by atoms with Gasteiger partial charge in [0.25, 0.3) is 0 Å². The second-order valence-electron chi connectivity index (χ2n) is 3.79. The Labute approximate surface area is 119 Å². The van der Waals surface area contributed by atoms with Gasteiger partial charge in [-0.3, -0.25) is 4.79 Å². The summed E-state index contributed by atoms with van der Waals surface area (Å²) in [5.74, 6) is -1.61. The zero-order valence-corrected chi connectivity index (χ0v) is 11.6. The Morgan fingerprint density at radius 2 is 2.00 bits per heavy atom. The van der Waals surface area contributed by atoms with E-state index < -0.39 is 23.7 Å². The van der Waals surface area contributed by atoms with E-state index in [1.54, 1.807) is 6.92 Å². The lowest BCUT2D eigenvalue weighted by atomic mass is 10.0. The van der Waals surface area contributed by atoms with Crippen LogP contribution in [0.15, 0.2) is 18.2 Å². The van der Waals surface area contributed by atoms with Gasteiger partial charge in [0, 0.05) is 0 Å². The molecule has 0 heterocycles. The van der Waals surface area contributed by atoms with Gasteiger partial charge in [-0.05, 0) is 32.0 Å². The summed E-state index contributed by atoms with van der Waals surface area (Å²) in [4.78, 5) is 23.4. The van der Waals surface area contributed by atoms with Gasteiger partial charge in [0.2, 0.25) is 0 Å². The highest BCUT2D eigenvalue weighted by atomic mass is 35.5. The van der Waals surface area contributed by atoms with Crippen molar-refractivity contribution in [3.05, 3.63) is 29.3 Å². The number of hydrogen-bond donors (Lipinski definition) is 0. The van der Waals surface area contributed by atoms with Crippen molar-refractivity contribution < 1.29 is 27.8 Å². The number of hydrogen-bond acceptors (Lipinski definition) is 4. The average Bonchev–Trinajstić information content (AvgIpc) is 2.37. The summed E-state index contributed by atoms with van der Waals surface area (Å²) in [5, 5.41) is -0.938. The Morgan fingerprint density at radius 1 is 1.35 bits per heavy atom. The van der Waals surface area contributed by atoms with E-state index in [9.17, 15) is 18.4 Å². The Balaban J connectivity index is 3.21. The predicted molar refractivity (Wildman–Crippen MR) is 68.7 cm³/mol. The van der Waals surface area contributed by atoms with Crippen LogP contribution in [0.25, 0.3) is 0 Å². The maximum Gasteiger partial charge on any atom is 0.387 e. The van der Waals surface area contributed by atoms with Crippen LogP contribution in [0.5, 0.6) is 5.75 Å². The van der Waals surface area contributed by atoms with Crippen LogP contribution in [0, 0.1) is 0 Å². The van der Waals surface area contributed by atoms with Gasteiger partial charge in [-0.15, -0.1) is 11.6 Å². The standard InChI is InChI=1S/C13H13ClF2O4/c1-3-19-12(18)8-4-5-10(20-13(15)16)9(6-8)11(17)7(2)14/h4-7,13H,3H2,1-2H3. The molecule has 0 spiro atoms. The lowest BCUT2D eigenvalue weighted by Crippen LogP contribution is -2.15. The van der Waals surface area contributed by atoms with E-state index in [2.05, 4.69) is 4.74 Å². The van der Waals surface area contributed by atoms with Crippen molar-refractivity contribution in [2.24, 2.45) is 0 Å². The van der Waals surface area contributed by atoms with Crippen LogP contribution in [0.2, 0.25) is 0 Å². The van der Waals surface area contributed by atoms with Crippen LogP contribution in [-0.2, 0) is 4.74 Å². The van der Waals surface area contributed by atoms with Crippen molar-refractivity contribution in [1.82, 2.24) is 0 Å². The molecule has 20 heavy (non-hydrogen) atoms. The van der Waals surface area contributed by atoms with Crippen molar-refractivity contribution in [1.29, 1.82) is 0 Å². The smallest absolute Gasteiger partial charge is 0.387 e. The van der Waals surface area contributed by atoms with Crippen molar-refractivity contribution in [3.8, 4) is 5.75 Å². The molecule has 1 aromatic carbocycles. The molecule has 1 rings (SSSR count). The second-order valence-corrected chi connectivity index (χ2v) is 4.44. The molecule has 1 aromatic rings. The molecule has 0 fully saturated rings. The van der Waals surface area contributed by atoms with Gasteiger partial charge in [0.05, 0.1) is 23.1 Å². The zero-order valence-electron chi connectivity index (χ0n) is 10.9. The molecule has 0 saturated heterocycles. The third kappa shape index (κ3) is 4.16. The number of alkyl halides is 3. The van der Waals surface area contributed by atoms with Crippen LogP contribution >= 0.6 is 11.6 Å². The molecule has 0 radical (unpaired) electrons. The molecule has 1 unspecified atom stereocenters. The fraction of sp³-hybridized carbons (Fsp3) is 0.385. The van der Waals surface area contributed by atoms with Crippen LogP contribution in [0.3, 0.4) is 0 Å². The highest BCUT2D eigenvalue weighted by Gasteiger charge is 2.21. The summed E-state index contributed by atoms with van der Waals surface area (Å²) in [5.41, 5.74) is -0.118. The average molecular weight is 307 g/mol. The third-order valence-electron chi connectivity index (χ3n) is 2.33. The van der Waals surface area contributed by atoms with Crippen molar-refractivity contribution in [2.75, 3.05) is 6.61 Å². The van der Waals surface area contributed by atoms with E-state index >= 15 is 0 Å². The molecule has 0 aromatic heterocycles. The summed E-state index contributed by atoms with van der Waals surface area (Å²) >= 11 is 5.66. The number of rotatable bonds is 6. The number of benzene rings is 1. The summed E-state index contributed by atoms with van der Waals surface area (Å²) in [6, 6.07) is 3.49. The van der Waals surface area contributed by atoms with E-state index in [0.29, 0.717) is 0 Å². The maximum absolute atomic E-state index is 12.3. The number of halogens is 3. The van der Waals surface area contributed by atoms with E-state index in [-0.39, 0.29) is 23.5 Å². The van der Waals surface area contributed by atoms with Crippen molar-refractivity contribution in [2.45, 2.75) is 25.8 Å². The lowest BCUT2D eigenvalue weighted by Gasteiger charge is -2.12. The molecular weight excluding hydrogens is 294 g/mol. The number of esters is 1. The summed E-state index contributed by atoms with van der Waals surface area (Å²) in [7, 11) is 0. The van der Waals surface area contributed by atoms with E-state index in [1.807, 2.05) is 0 Å². The first kappa shape index (κ1) is 16.4. The molecule has 0 saturated carbocycles. The predicted octanol–water partition coefficient (Wildman–Crippen LogP) is 3.27. The molecule has 0 aliphatic rings.